The van der Waals surface area contributed by atoms with E-state index in [4.69, 9.17) is 0 Å². The second-order valence-electron chi connectivity index (χ2n) is 6.53. The number of hydrogen-bond donors (Lipinski definition) is 1. The van der Waals surface area contributed by atoms with Crippen molar-refractivity contribution in [3.63, 3.8) is 0 Å². The molecule has 1 unspecified atom stereocenters. The Labute approximate surface area is 117 Å². The first-order valence-corrected chi connectivity index (χ1v) is 7.37. The Morgan fingerprint density at radius 3 is 2.89 bits per heavy atom. The Kier molecular flexibility index (Phi) is 4.94. The number of pyridine rings is 1. The third-order valence-corrected chi connectivity index (χ3v) is 4.24. The molecule has 0 spiro atoms. The summed E-state index contributed by atoms with van der Waals surface area (Å²) in [4.78, 5) is 6.81. The first kappa shape index (κ1) is 14.5. The van der Waals surface area contributed by atoms with Crippen molar-refractivity contribution >= 4 is 0 Å². The zero-order valence-electron chi connectivity index (χ0n) is 12.5. The van der Waals surface area contributed by atoms with Crippen LogP contribution in [0.3, 0.4) is 0 Å². The highest BCUT2D eigenvalue weighted by molar-refractivity contribution is 5.03. The minimum atomic E-state index is 0.358. The average Bonchev–Trinajstić information content (AvgIpc) is 2.40. The van der Waals surface area contributed by atoms with Gasteiger partial charge >= 0.3 is 0 Å². The van der Waals surface area contributed by atoms with E-state index in [1.54, 1.807) is 0 Å². The number of piperidine rings is 1. The maximum absolute atomic E-state index is 4.41. The molecule has 0 amide bonds. The van der Waals surface area contributed by atoms with E-state index in [1.165, 1.54) is 25.9 Å². The molecule has 1 aliphatic heterocycles. The fraction of sp³-hybridized carbons (Fsp3) is 0.688. The van der Waals surface area contributed by atoms with Crippen molar-refractivity contribution in [2.75, 3.05) is 26.7 Å². The Morgan fingerprint density at radius 2 is 2.26 bits per heavy atom. The van der Waals surface area contributed by atoms with Gasteiger partial charge in [0.15, 0.2) is 0 Å². The van der Waals surface area contributed by atoms with E-state index in [0.717, 1.165) is 24.7 Å². The number of nitrogens with one attached hydrogen (secondary N) is 1. The lowest BCUT2D eigenvalue weighted by Gasteiger charge is -2.39. The number of nitrogens with zero attached hydrogens (tertiary/aromatic N) is 2. The Morgan fingerprint density at radius 1 is 1.42 bits per heavy atom. The number of rotatable bonds is 5. The molecule has 1 aromatic rings. The largest absolute Gasteiger partial charge is 0.316 e. The minimum Gasteiger partial charge on any atom is -0.316 e. The van der Waals surface area contributed by atoms with Gasteiger partial charge in [-0.1, -0.05) is 19.9 Å². The molecule has 0 radical (unpaired) electrons. The van der Waals surface area contributed by atoms with Crippen LogP contribution >= 0.6 is 0 Å². The molecular weight excluding hydrogens is 234 g/mol. The molecular formula is C16H27N3. The van der Waals surface area contributed by atoms with Crippen LogP contribution in [0, 0.1) is 11.3 Å². The molecule has 1 aliphatic rings. The summed E-state index contributed by atoms with van der Waals surface area (Å²) in [5, 5.41) is 3.53. The SMILES string of the molecule is CN(Cc1ccccn1)CC(C)(C)C1CCCNC1. The predicted octanol–water partition coefficient (Wildman–Crippen LogP) is 2.54. The quantitative estimate of drug-likeness (QED) is 0.883. The lowest BCUT2D eigenvalue weighted by Crippen LogP contribution is -2.43. The van der Waals surface area contributed by atoms with E-state index in [2.05, 4.69) is 48.2 Å². The predicted molar refractivity (Wildman–Crippen MR) is 79.9 cm³/mol. The van der Waals surface area contributed by atoms with Crippen LogP contribution in [0.4, 0.5) is 0 Å². The van der Waals surface area contributed by atoms with Gasteiger partial charge < -0.3 is 10.2 Å². The summed E-state index contributed by atoms with van der Waals surface area (Å²) in [6.45, 7) is 9.22. The summed E-state index contributed by atoms with van der Waals surface area (Å²) < 4.78 is 0. The first-order valence-electron chi connectivity index (χ1n) is 7.37. The van der Waals surface area contributed by atoms with Gasteiger partial charge in [-0.15, -0.1) is 0 Å². The maximum atomic E-state index is 4.41. The molecule has 106 valence electrons. The fourth-order valence-electron chi connectivity index (χ4n) is 3.17. The van der Waals surface area contributed by atoms with Crippen LogP contribution in [0.1, 0.15) is 32.4 Å². The van der Waals surface area contributed by atoms with Crippen molar-refractivity contribution in [2.45, 2.75) is 33.2 Å². The van der Waals surface area contributed by atoms with Crippen molar-refractivity contribution in [1.82, 2.24) is 15.2 Å². The first-order chi connectivity index (χ1) is 9.08. The van der Waals surface area contributed by atoms with Gasteiger partial charge in [0.05, 0.1) is 5.69 Å². The maximum Gasteiger partial charge on any atom is 0.0543 e. The van der Waals surface area contributed by atoms with Gasteiger partial charge in [0, 0.05) is 19.3 Å². The zero-order chi connectivity index (χ0) is 13.7. The van der Waals surface area contributed by atoms with Crippen molar-refractivity contribution in [1.29, 1.82) is 0 Å². The molecule has 0 bridgehead atoms. The smallest absolute Gasteiger partial charge is 0.0543 e. The zero-order valence-corrected chi connectivity index (χ0v) is 12.5. The van der Waals surface area contributed by atoms with E-state index in [1.807, 2.05) is 12.3 Å². The molecule has 3 nitrogen and oxygen atoms in total. The third-order valence-electron chi connectivity index (χ3n) is 4.24. The van der Waals surface area contributed by atoms with Gasteiger partial charge in [0.2, 0.25) is 0 Å². The van der Waals surface area contributed by atoms with Crippen LogP contribution in [0.25, 0.3) is 0 Å². The summed E-state index contributed by atoms with van der Waals surface area (Å²) in [7, 11) is 2.20. The monoisotopic (exact) mass is 261 g/mol. The molecule has 2 heterocycles. The lowest BCUT2D eigenvalue weighted by molar-refractivity contribution is 0.111. The van der Waals surface area contributed by atoms with Gasteiger partial charge in [-0.25, -0.2) is 0 Å². The molecule has 1 saturated heterocycles. The summed E-state index contributed by atoms with van der Waals surface area (Å²) in [6, 6.07) is 6.14. The highest BCUT2D eigenvalue weighted by Crippen LogP contribution is 2.32. The third kappa shape index (κ3) is 4.29. The van der Waals surface area contributed by atoms with E-state index in [-0.39, 0.29) is 0 Å². The standard InChI is InChI=1S/C16H27N3/c1-16(2,14-7-6-9-17-11-14)13-19(3)12-15-8-4-5-10-18-15/h4-5,8,10,14,17H,6-7,9,11-13H2,1-3H3. The van der Waals surface area contributed by atoms with Crippen LogP contribution < -0.4 is 5.32 Å². The van der Waals surface area contributed by atoms with E-state index in [9.17, 15) is 0 Å². The summed E-state index contributed by atoms with van der Waals surface area (Å²) in [6.07, 6.45) is 4.55. The van der Waals surface area contributed by atoms with Crippen molar-refractivity contribution in [3.05, 3.63) is 30.1 Å². The normalized spacial score (nSPS) is 20.7. The lowest BCUT2D eigenvalue weighted by atomic mass is 9.74. The summed E-state index contributed by atoms with van der Waals surface area (Å²) in [5.74, 6) is 0.785. The Bertz CT molecular complexity index is 369. The molecule has 0 aliphatic carbocycles. The molecule has 3 heteroatoms. The van der Waals surface area contributed by atoms with Gasteiger partial charge in [0.1, 0.15) is 0 Å². The molecule has 0 aromatic carbocycles. The molecule has 2 rings (SSSR count). The Hall–Kier alpha value is -0.930. The second-order valence-corrected chi connectivity index (χ2v) is 6.53. The van der Waals surface area contributed by atoms with Gasteiger partial charge in [-0.2, -0.15) is 0 Å². The molecule has 19 heavy (non-hydrogen) atoms. The van der Waals surface area contributed by atoms with Crippen LogP contribution in [-0.2, 0) is 6.54 Å². The molecule has 1 fully saturated rings. The van der Waals surface area contributed by atoms with Gasteiger partial charge in [-0.3, -0.25) is 4.98 Å². The Balaban J connectivity index is 1.88. The van der Waals surface area contributed by atoms with Gasteiger partial charge in [-0.05, 0) is 56.4 Å². The van der Waals surface area contributed by atoms with Crippen LogP contribution in [0.15, 0.2) is 24.4 Å². The van der Waals surface area contributed by atoms with E-state index >= 15 is 0 Å². The second kappa shape index (κ2) is 6.49. The van der Waals surface area contributed by atoms with Crippen LogP contribution in [0.5, 0.6) is 0 Å². The van der Waals surface area contributed by atoms with Crippen molar-refractivity contribution < 1.29 is 0 Å². The van der Waals surface area contributed by atoms with E-state index < -0.39 is 0 Å². The molecule has 0 saturated carbocycles. The highest BCUT2D eigenvalue weighted by Gasteiger charge is 2.31. The fourth-order valence-corrected chi connectivity index (χ4v) is 3.17. The van der Waals surface area contributed by atoms with Crippen LogP contribution in [0.2, 0.25) is 0 Å². The summed E-state index contributed by atoms with van der Waals surface area (Å²) >= 11 is 0. The van der Waals surface area contributed by atoms with Crippen molar-refractivity contribution in [3.8, 4) is 0 Å². The van der Waals surface area contributed by atoms with Crippen molar-refractivity contribution in [2.24, 2.45) is 11.3 Å². The van der Waals surface area contributed by atoms with Gasteiger partial charge in [0.25, 0.3) is 0 Å². The highest BCUT2D eigenvalue weighted by atomic mass is 15.1. The number of hydrogen-bond acceptors (Lipinski definition) is 3. The van der Waals surface area contributed by atoms with E-state index in [0.29, 0.717) is 5.41 Å². The average molecular weight is 261 g/mol. The molecule has 1 atom stereocenters. The molecule has 1 aromatic heterocycles. The topological polar surface area (TPSA) is 28.2 Å². The summed E-state index contributed by atoms with van der Waals surface area (Å²) in [5.41, 5.74) is 1.51. The minimum absolute atomic E-state index is 0.358. The molecule has 1 N–H and O–H groups in total. The van der Waals surface area contributed by atoms with Crippen LogP contribution in [-0.4, -0.2) is 36.6 Å². The number of aromatic nitrogens is 1.